The highest BCUT2D eigenvalue weighted by atomic mass is 16.5. The third-order valence-electron chi connectivity index (χ3n) is 4.24. The van der Waals surface area contributed by atoms with Crippen LogP contribution < -0.4 is 5.32 Å². The fraction of sp³-hybridized carbons (Fsp3) is 0.105. The number of nitrogens with zero attached hydrogens (tertiary/aromatic N) is 1. The second-order valence-corrected chi connectivity index (χ2v) is 5.65. The molecule has 1 aromatic heterocycles. The number of fused-ring (bicyclic) bond motifs is 3. The molecular formula is C19H14N2O3. The first-order valence-electron chi connectivity index (χ1n) is 7.60. The van der Waals surface area contributed by atoms with Gasteiger partial charge in [-0.2, -0.15) is 0 Å². The van der Waals surface area contributed by atoms with E-state index in [2.05, 4.69) is 10.3 Å². The van der Waals surface area contributed by atoms with Gasteiger partial charge in [-0.1, -0.05) is 24.3 Å². The molecular weight excluding hydrogens is 304 g/mol. The third-order valence-corrected chi connectivity index (χ3v) is 4.24. The molecule has 24 heavy (non-hydrogen) atoms. The number of carbonyl (C=O) groups is 2. The van der Waals surface area contributed by atoms with Crippen molar-refractivity contribution in [1.82, 2.24) is 4.98 Å². The zero-order valence-corrected chi connectivity index (χ0v) is 13.0. The maximum Gasteiger partial charge on any atom is 0.339 e. The number of anilines is 1. The van der Waals surface area contributed by atoms with Crippen LogP contribution in [-0.4, -0.2) is 16.9 Å². The summed E-state index contributed by atoms with van der Waals surface area (Å²) in [5.74, 6) is -0.603. The van der Waals surface area contributed by atoms with E-state index in [9.17, 15) is 9.59 Å². The Bertz CT molecular complexity index is 981. The molecule has 0 radical (unpaired) electrons. The smallest absolute Gasteiger partial charge is 0.339 e. The molecule has 0 atom stereocenters. The van der Waals surface area contributed by atoms with Gasteiger partial charge in [0, 0.05) is 22.7 Å². The summed E-state index contributed by atoms with van der Waals surface area (Å²) in [6, 6.07) is 12.6. The highest BCUT2D eigenvalue weighted by Gasteiger charge is 2.30. The molecule has 1 aliphatic rings. The highest BCUT2D eigenvalue weighted by Crippen LogP contribution is 2.37. The van der Waals surface area contributed by atoms with Crippen molar-refractivity contribution in [1.29, 1.82) is 0 Å². The number of aromatic nitrogens is 1. The van der Waals surface area contributed by atoms with Crippen LogP contribution >= 0.6 is 0 Å². The van der Waals surface area contributed by atoms with Crippen LogP contribution in [0.1, 0.15) is 31.8 Å². The van der Waals surface area contributed by atoms with Crippen LogP contribution in [0.5, 0.6) is 0 Å². The molecule has 118 valence electrons. The first kappa shape index (κ1) is 14.4. The van der Waals surface area contributed by atoms with Gasteiger partial charge in [0.2, 0.25) is 0 Å². The number of pyridine rings is 1. The molecule has 0 unspecified atom stereocenters. The minimum Gasteiger partial charge on any atom is -0.457 e. The van der Waals surface area contributed by atoms with Crippen molar-refractivity contribution in [3.63, 3.8) is 0 Å². The topological polar surface area (TPSA) is 68.3 Å². The largest absolute Gasteiger partial charge is 0.457 e. The summed E-state index contributed by atoms with van der Waals surface area (Å²) in [7, 11) is 0. The van der Waals surface area contributed by atoms with Gasteiger partial charge in [0.25, 0.3) is 5.91 Å². The lowest BCUT2D eigenvalue weighted by Gasteiger charge is -2.14. The summed E-state index contributed by atoms with van der Waals surface area (Å²) >= 11 is 0. The Hall–Kier alpha value is -3.21. The van der Waals surface area contributed by atoms with Crippen molar-refractivity contribution in [3.05, 3.63) is 70.9 Å². The maximum absolute atomic E-state index is 12.5. The number of ether oxygens (including phenoxy) is 1. The average molecular weight is 318 g/mol. The number of hydrogen-bond acceptors (Lipinski definition) is 4. The average Bonchev–Trinajstić information content (AvgIpc) is 3.01. The molecule has 0 saturated carbocycles. The van der Waals surface area contributed by atoms with Crippen LogP contribution in [-0.2, 0) is 11.3 Å². The van der Waals surface area contributed by atoms with Gasteiger partial charge in [0.1, 0.15) is 6.61 Å². The Balaban J connectivity index is 1.89. The van der Waals surface area contributed by atoms with Crippen LogP contribution in [0, 0.1) is 6.92 Å². The van der Waals surface area contributed by atoms with Crippen molar-refractivity contribution < 1.29 is 14.3 Å². The summed E-state index contributed by atoms with van der Waals surface area (Å²) < 4.78 is 5.20. The molecule has 1 N–H and O–H groups in total. The van der Waals surface area contributed by atoms with Crippen LogP contribution in [0.25, 0.3) is 10.9 Å². The summed E-state index contributed by atoms with van der Waals surface area (Å²) in [5.41, 5.74) is 3.88. The molecule has 0 saturated heterocycles. The van der Waals surface area contributed by atoms with Crippen molar-refractivity contribution in [2.75, 3.05) is 5.32 Å². The van der Waals surface area contributed by atoms with Gasteiger partial charge < -0.3 is 10.1 Å². The predicted octanol–water partition coefficient (Wildman–Crippen LogP) is 3.47. The summed E-state index contributed by atoms with van der Waals surface area (Å²) in [6.07, 6.45) is 1.67. The van der Waals surface area contributed by atoms with Gasteiger partial charge in [-0.3, -0.25) is 9.78 Å². The number of amides is 1. The first-order chi connectivity index (χ1) is 11.7. The molecule has 0 bridgehead atoms. The fourth-order valence-corrected chi connectivity index (χ4v) is 3.07. The van der Waals surface area contributed by atoms with E-state index in [0.717, 1.165) is 10.9 Å². The molecule has 4 rings (SSSR count). The molecule has 1 aliphatic heterocycles. The number of cyclic esters (lactones) is 1. The SMILES string of the molecule is Cc1c(NC(=O)c2ccccc2)c2c(c3cccnc13)C(=O)OC2. The van der Waals surface area contributed by atoms with E-state index in [0.29, 0.717) is 27.9 Å². The number of hydrogen-bond donors (Lipinski definition) is 1. The standard InChI is InChI=1S/C19H14N2O3/c1-11-16-13(8-5-9-20-16)15-14(10-24-19(15)23)17(11)21-18(22)12-6-3-2-4-7-12/h2-9H,10H2,1H3,(H,21,22). The third kappa shape index (κ3) is 2.13. The minimum absolute atomic E-state index is 0.157. The minimum atomic E-state index is -0.377. The van der Waals surface area contributed by atoms with Crippen LogP contribution in [0.3, 0.4) is 0 Å². The molecule has 3 aromatic rings. The van der Waals surface area contributed by atoms with E-state index >= 15 is 0 Å². The Morgan fingerprint density at radius 2 is 1.96 bits per heavy atom. The van der Waals surface area contributed by atoms with E-state index < -0.39 is 0 Å². The summed E-state index contributed by atoms with van der Waals surface area (Å²) in [4.78, 5) is 29.0. The van der Waals surface area contributed by atoms with Gasteiger partial charge in [-0.25, -0.2) is 4.79 Å². The number of rotatable bonds is 2. The van der Waals surface area contributed by atoms with Crippen LogP contribution in [0.4, 0.5) is 5.69 Å². The Labute approximate surface area is 138 Å². The first-order valence-corrected chi connectivity index (χ1v) is 7.60. The maximum atomic E-state index is 12.5. The molecule has 2 heterocycles. The zero-order chi connectivity index (χ0) is 16.7. The van der Waals surface area contributed by atoms with Gasteiger partial charge >= 0.3 is 5.97 Å². The lowest BCUT2D eigenvalue weighted by atomic mass is 9.97. The number of aryl methyl sites for hydroxylation is 1. The second kappa shape index (κ2) is 5.45. The van der Waals surface area contributed by atoms with Crippen molar-refractivity contribution >= 4 is 28.5 Å². The number of esters is 1. The Kier molecular flexibility index (Phi) is 3.27. The normalized spacial score (nSPS) is 12.8. The quantitative estimate of drug-likeness (QED) is 0.735. The highest BCUT2D eigenvalue weighted by molar-refractivity contribution is 6.13. The molecule has 5 nitrogen and oxygen atoms in total. The molecule has 0 aliphatic carbocycles. The lowest BCUT2D eigenvalue weighted by molar-refractivity contribution is 0.0537. The van der Waals surface area contributed by atoms with Crippen LogP contribution in [0.15, 0.2) is 48.7 Å². The van der Waals surface area contributed by atoms with E-state index in [-0.39, 0.29) is 18.5 Å². The molecule has 5 heteroatoms. The number of nitrogens with one attached hydrogen (secondary N) is 1. The van der Waals surface area contributed by atoms with E-state index in [1.165, 1.54) is 0 Å². The fourth-order valence-electron chi connectivity index (χ4n) is 3.07. The zero-order valence-electron chi connectivity index (χ0n) is 13.0. The van der Waals surface area contributed by atoms with E-state index in [1.54, 1.807) is 36.5 Å². The second-order valence-electron chi connectivity index (χ2n) is 5.65. The number of carbonyl (C=O) groups excluding carboxylic acids is 2. The van der Waals surface area contributed by atoms with Gasteiger partial charge in [-0.15, -0.1) is 0 Å². The summed E-state index contributed by atoms with van der Waals surface area (Å²) in [6.45, 7) is 2.04. The lowest BCUT2D eigenvalue weighted by Crippen LogP contribution is -2.15. The molecule has 1 amide bonds. The Morgan fingerprint density at radius 1 is 1.17 bits per heavy atom. The number of benzene rings is 2. The van der Waals surface area contributed by atoms with Gasteiger partial charge in [-0.05, 0) is 30.7 Å². The van der Waals surface area contributed by atoms with E-state index in [1.807, 2.05) is 19.1 Å². The monoisotopic (exact) mass is 318 g/mol. The molecule has 0 spiro atoms. The molecule has 0 fully saturated rings. The Morgan fingerprint density at radius 3 is 2.75 bits per heavy atom. The van der Waals surface area contributed by atoms with Crippen molar-refractivity contribution in [2.24, 2.45) is 0 Å². The van der Waals surface area contributed by atoms with Crippen molar-refractivity contribution in [2.45, 2.75) is 13.5 Å². The summed E-state index contributed by atoms with van der Waals surface area (Å²) in [5, 5.41) is 3.68. The molecule has 2 aromatic carbocycles. The van der Waals surface area contributed by atoms with Crippen molar-refractivity contribution in [3.8, 4) is 0 Å². The van der Waals surface area contributed by atoms with Gasteiger partial charge in [0.05, 0.1) is 16.8 Å². The predicted molar refractivity (Wildman–Crippen MR) is 90.0 cm³/mol. The van der Waals surface area contributed by atoms with E-state index in [4.69, 9.17) is 4.74 Å². The van der Waals surface area contributed by atoms with Gasteiger partial charge in [0.15, 0.2) is 0 Å². The van der Waals surface area contributed by atoms with Crippen LogP contribution in [0.2, 0.25) is 0 Å².